The quantitative estimate of drug-likeness (QED) is 0.808. The Balaban J connectivity index is 2.76. The first-order valence-corrected chi connectivity index (χ1v) is 5.99. The van der Waals surface area contributed by atoms with E-state index >= 15 is 0 Å². The number of nitrogens with one attached hydrogen (secondary N) is 1. The Labute approximate surface area is 107 Å². The summed E-state index contributed by atoms with van der Waals surface area (Å²) in [6, 6.07) is 7.21. The predicted molar refractivity (Wildman–Crippen MR) is 75.0 cm³/mol. The van der Waals surface area contributed by atoms with Crippen molar-refractivity contribution in [3.8, 4) is 0 Å². The molecule has 0 aliphatic heterocycles. The molecule has 3 N–H and O–H groups in total. The molecule has 1 aromatic rings. The number of thiocarbonyl (C=S) groups is 1. The number of hydrogen-bond donors (Lipinski definition) is 2. The van der Waals surface area contributed by atoms with Crippen LogP contribution in [0, 0.1) is 5.41 Å². The first-order valence-electron chi connectivity index (χ1n) is 5.58. The number of nitrogens with two attached hydrogens (primary N) is 1. The SMILES string of the molecule is CCC(C)(C)C(=O)Nc1ccc(C(N)=S)cc1. The van der Waals surface area contributed by atoms with E-state index in [4.69, 9.17) is 18.0 Å². The summed E-state index contributed by atoms with van der Waals surface area (Å²) < 4.78 is 0. The van der Waals surface area contributed by atoms with Crippen LogP contribution in [-0.2, 0) is 4.79 Å². The Bertz CT molecular complexity index is 424. The third-order valence-electron chi connectivity index (χ3n) is 2.93. The van der Waals surface area contributed by atoms with Crippen LogP contribution in [0.5, 0.6) is 0 Å². The van der Waals surface area contributed by atoms with E-state index in [1.807, 2.05) is 20.8 Å². The van der Waals surface area contributed by atoms with Crippen molar-refractivity contribution in [2.45, 2.75) is 27.2 Å². The first-order chi connectivity index (χ1) is 7.86. The molecule has 0 aromatic heterocycles. The highest BCUT2D eigenvalue weighted by Gasteiger charge is 2.25. The number of anilines is 1. The van der Waals surface area contributed by atoms with Gasteiger partial charge >= 0.3 is 0 Å². The molecule has 1 amide bonds. The van der Waals surface area contributed by atoms with Gasteiger partial charge in [-0.3, -0.25) is 4.79 Å². The predicted octanol–water partition coefficient (Wildman–Crippen LogP) is 2.70. The van der Waals surface area contributed by atoms with E-state index in [-0.39, 0.29) is 11.3 Å². The molecule has 0 fully saturated rings. The van der Waals surface area contributed by atoms with Crippen molar-refractivity contribution in [1.29, 1.82) is 0 Å². The van der Waals surface area contributed by atoms with Gasteiger partial charge in [0.05, 0.1) is 0 Å². The molecule has 4 heteroatoms. The van der Waals surface area contributed by atoms with Gasteiger partial charge in [-0.05, 0) is 30.7 Å². The lowest BCUT2D eigenvalue weighted by Crippen LogP contribution is -2.29. The number of amides is 1. The summed E-state index contributed by atoms with van der Waals surface area (Å²) in [6.07, 6.45) is 0.795. The average molecular weight is 250 g/mol. The third-order valence-corrected chi connectivity index (χ3v) is 3.16. The van der Waals surface area contributed by atoms with Crippen LogP contribution in [-0.4, -0.2) is 10.9 Å². The maximum Gasteiger partial charge on any atom is 0.230 e. The Morgan fingerprint density at radius 3 is 2.29 bits per heavy atom. The van der Waals surface area contributed by atoms with Crippen molar-refractivity contribution in [2.24, 2.45) is 11.1 Å². The van der Waals surface area contributed by atoms with E-state index in [2.05, 4.69) is 5.32 Å². The van der Waals surface area contributed by atoms with Crippen LogP contribution >= 0.6 is 12.2 Å². The molecule has 0 radical (unpaired) electrons. The van der Waals surface area contributed by atoms with Gasteiger partial charge in [-0.1, -0.05) is 33.0 Å². The van der Waals surface area contributed by atoms with Gasteiger partial charge in [0.1, 0.15) is 4.99 Å². The number of rotatable bonds is 4. The molecule has 0 spiro atoms. The summed E-state index contributed by atoms with van der Waals surface area (Å²) in [5.74, 6) is 0.0167. The Morgan fingerprint density at radius 2 is 1.88 bits per heavy atom. The van der Waals surface area contributed by atoms with Crippen LogP contribution < -0.4 is 11.1 Å². The lowest BCUT2D eigenvalue weighted by atomic mass is 9.89. The molecule has 17 heavy (non-hydrogen) atoms. The largest absolute Gasteiger partial charge is 0.389 e. The monoisotopic (exact) mass is 250 g/mol. The Kier molecular flexibility index (Phi) is 4.23. The molecule has 0 aliphatic carbocycles. The minimum atomic E-state index is -0.359. The molecule has 0 saturated heterocycles. The number of hydrogen-bond acceptors (Lipinski definition) is 2. The summed E-state index contributed by atoms with van der Waals surface area (Å²) in [5, 5.41) is 2.88. The smallest absolute Gasteiger partial charge is 0.230 e. The standard InChI is InChI=1S/C13H18N2OS/c1-4-13(2,3)12(16)15-10-7-5-9(6-8-10)11(14)17/h5-8H,4H2,1-3H3,(H2,14,17)(H,15,16). The molecule has 1 rings (SSSR count). The van der Waals surface area contributed by atoms with Crippen LogP contribution in [0.15, 0.2) is 24.3 Å². The van der Waals surface area contributed by atoms with Crippen molar-refractivity contribution in [3.05, 3.63) is 29.8 Å². The van der Waals surface area contributed by atoms with Gasteiger partial charge in [-0.15, -0.1) is 0 Å². The molecule has 1 aromatic carbocycles. The zero-order chi connectivity index (χ0) is 13.1. The topological polar surface area (TPSA) is 55.1 Å². The molecule has 3 nitrogen and oxygen atoms in total. The van der Waals surface area contributed by atoms with Gasteiger partial charge in [-0.25, -0.2) is 0 Å². The van der Waals surface area contributed by atoms with Gasteiger partial charge in [0.2, 0.25) is 5.91 Å². The number of carbonyl (C=O) groups is 1. The van der Waals surface area contributed by atoms with Crippen molar-refractivity contribution in [2.75, 3.05) is 5.32 Å². The fraction of sp³-hybridized carbons (Fsp3) is 0.385. The number of benzene rings is 1. The van der Waals surface area contributed by atoms with E-state index in [1.54, 1.807) is 24.3 Å². The van der Waals surface area contributed by atoms with Crippen molar-refractivity contribution in [1.82, 2.24) is 0 Å². The van der Waals surface area contributed by atoms with E-state index in [9.17, 15) is 4.79 Å². The summed E-state index contributed by atoms with van der Waals surface area (Å²) in [7, 11) is 0. The Hall–Kier alpha value is -1.42. The summed E-state index contributed by atoms with van der Waals surface area (Å²) in [4.78, 5) is 12.3. The molecule has 0 heterocycles. The zero-order valence-electron chi connectivity index (χ0n) is 10.4. The molecule has 0 unspecified atom stereocenters. The van der Waals surface area contributed by atoms with E-state index < -0.39 is 0 Å². The average Bonchev–Trinajstić information content (AvgIpc) is 2.29. The molecule has 92 valence electrons. The molecular weight excluding hydrogens is 232 g/mol. The lowest BCUT2D eigenvalue weighted by Gasteiger charge is -2.21. The van der Waals surface area contributed by atoms with Crippen molar-refractivity contribution < 1.29 is 4.79 Å². The maximum absolute atomic E-state index is 11.9. The highest BCUT2D eigenvalue weighted by atomic mass is 32.1. The van der Waals surface area contributed by atoms with Gasteiger partial charge in [0.25, 0.3) is 0 Å². The van der Waals surface area contributed by atoms with Gasteiger partial charge in [-0.2, -0.15) is 0 Å². The van der Waals surface area contributed by atoms with Crippen molar-refractivity contribution >= 4 is 28.8 Å². The normalized spacial score (nSPS) is 11.0. The van der Waals surface area contributed by atoms with Gasteiger partial charge in [0.15, 0.2) is 0 Å². The van der Waals surface area contributed by atoms with Crippen LogP contribution in [0.4, 0.5) is 5.69 Å². The maximum atomic E-state index is 11.9. The van der Waals surface area contributed by atoms with Crippen LogP contribution in [0.3, 0.4) is 0 Å². The molecule has 0 bridgehead atoms. The van der Waals surface area contributed by atoms with Crippen LogP contribution in [0.25, 0.3) is 0 Å². The summed E-state index contributed by atoms with van der Waals surface area (Å²) in [5.41, 5.74) is 6.70. The first kappa shape index (κ1) is 13.6. The minimum absolute atomic E-state index is 0.0167. The fourth-order valence-electron chi connectivity index (χ4n) is 1.18. The molecule has 0 saturated carbocycles. The van der Waals surface area contributed by atoms with E-state index in [0.717, 1.165) is 17.7 Å². The van der Waals surface area contributed by atoms with Crippen LogP contribution in [0.2, 0.25) is 0 Å². The highest BCUT2D eigenvalue weighted by molar-refractivity contribution is 7.80. The second-order valence-corrected chi connectivity index (χ2v) is 5.07. The summed E-state index contributed by atoms with van der Waals surface area (Å²) >= 11 is 4.86. The van der Waals surface area contributed by atoms with Gasteiger partial charge < -0.3 is 11.1 Å². The minimum Gasteiger partial charge on any atom is -0.389 e. The molecular formula is C13H18N2OS. The second kappa shape index (κ2) is 5.27. The summed E-state index contributed by atoms with van der Waals surface area (Å²) in [6.45, 7) is 5.84. The van der Waals surface area contributed by atoms with Crippen molar-refractivity contribution in [3.63, 3.8) is 0 Å². The van der Waals surface area contributed by atoms with E-state index in [0.29, 0.717) is 4.99 Å². The third kappa shape index (κ3) is 3.53. The molecule has 0 aliphatic rings. The lowest BCUT2D eigenvalue weighted by molar-refractivity contribution is -0.124. The highest BCUT2D eigenvalue weighted by Crippen LogP contribution is 2.22. The second-order valence-electron chi connectivity index (χ2n) is 4.63. The van der Waals surface area contributed by atoms with E-state index in [1.165, 1.54) is 0 Å². The Morgan fingerprint density at radius 1 is 1.35 bits per heavy atom. The molecule has 0 atom stereocenters. The van der Waals surface area contributed by atoms with Crippen LogP contribution in [0.1, 0.15) is 32.8 Å². The number of carbonyl (C=O) groups excluding carboxylic acids is 1. The zero-order valence-corrected chi connectivity index (χ0v) is 11.2. The van der Waals surface area contributed by atoms with Gasteiger partial charge in [0, 0.05) is 16.7 Å². The fourth-order valence-corrected chi connectivity index (χ4v) is 1.31.